The first kappa shape index (κ1) is 8.33. The summed E-state index contributed by atoms with van der Waals surface area (Å²) in [6, 6.07) is 0. The van der Waals surface area contributed by atoms with Crippen LogP contribution >= 0.6 is 23.1 Å². The van der Waals surface area contributed by atoms with E-state index in [9.17, 15) is 4.79 Å². The lowest BCUT2D eigenvalue weighted by Crippen LogP contribution is -1.88. The molecule has 2 heterocycles. The second-order valence-corrected chi connectivity index (χ2v) is 3.09. The van der Waals surface area contributed by atoms with Gasteiger partial charge in [0.05, 0.1) is 11.5 Å². The van der Waals surface area contributed by atoms with Gasteiger partial charge in [0, 0.05) is 12.4 Å². The third-order valence-corrected chi connectivity index (χ3v) is 2.01. The second-order valence-electron chi connectivity index (χ2n) is 2.04. The Balaban J connectivity index is 2.58. The molecular weight excluding hydrogens is 214 g/mol. The van der Waals surface area contributed by atoms with Crippen LogP contribution in [-0.4, -0.2) is 14.3 Å². The van der Waals surface area contributed by atoms with Crippen molar-refractivity contribution in [2.24, 2.45) is 0 Å². The number of halogens is 1. The molecule has 0 atom stereocenters. The summed E-state index contributed by atoms with van der Waals surface area (Å²) in [4.78, 5) is 17.8. The summed E-state index contributed by atoms with van der Waals surface area (Å²) < 4.78 is 8.44. The molecule has 0 aliphatic carbocycles. The van der Waals surface area contributed by atoms with E-state index in [1.807, 2.05) is 0 Å². The number of nitrogens with zero attached hydrogens (tertiary/aromatic N) is 3. The highest BCUT2D eigenvalue weighted by atomic mass is 35.5. The Hall–Kier alpha value is -1.27. The van der Waals surface area contributed by atoms with E-state index in [1.54, 1.807) is 0 Å². The van der Waals surface area contributed by atoms with E-state index in [0.717, 1.165) is 0 Å². The monoisotopic (exact) mass is 215 g/mol. The van der Waals surface area contributed by atoms with Crippen molar-refractivity contribution in [3.63, 3.8) is 0 Å². The molecule has 0 radical (unpaired) electrons. The Bertz CT molecular complexity index is 480. The van der Waals surface area contributed by atoms with Gasteiger partial charge in [0.15, 0.2) is 10.8 Å². The molecule has 0 aliphatic rings. The van der Waals surface area contributed by atoms with Gasteiger partial charge < -0.3 is 4.42 Å². The van der Waals surface area contributed by atoms with Crippen molar-refractivity contribution in [1.29, 1.82) is 0 Å². The van der Waals surface area contributed by atoms with E-state index in [4.69, 9.17) is 16.0 Å². The summed E-state index contributed by atoms with van der Waals surface area (Å²) in [7, 11) is 0. The van der Waals surface area contributed by atoms with Gasteiger partial charge in [-0.05, 0) is 0 Å². The molecule has 0 bridgehead atoms. The zero-order valence-electron chi connectivity index (χ0n) is 6.10. The van der Waals surface area contributed by atoms with Crippen molar-refractivity contribution in [1.82, 2.24) is 14.3 Å². The van der Waals surface area contributed by atoms with Gasteiger partial charge in [-0.1, -0.05) is 11.6 Å². The lowest BCUT2D eigenvalue weighted by atomic mass is 10.4. The fraction of sp³-hybridized carbons (Fsp3) is 0. The van der Waals surface area contributed by atoms with Crippen LogP contribution in [0.3, 0.4) is 0 Å². The molecule has 7 heteroatoms. The minimum Gasteiger partial charge on any atom is -0.392 e. The Morgan fingerprint density at radius 1 is 1.38 bits per heavy atom. The smallest absolute Gasteiger partial charge is 0.392 e. The van der Waals surface area contributed by atoms with E-state index in [0.29, 0.717) is 11.5 Å². The molecule has 0 saturated carbocycles. The average Bonchev–Trinajstić information content (AvgIpc) is 2.53. The average molecular weight is 216 g/mol. The largest absolute Gasteiger partial charge is 0.414 e. The van der Waals surface area contributed by atoms with Gasteiger partial charge in [-0.25, -0.2) is 14.8 Å². The predicted octanol–water partition coefficient (Wildman–Crippen LogP) is 1.21. The number of hydrogen-bond acceptors (Lipinski definition) is 6. The summed E-state index contributed by atoms with van der Waals surface area (Å²) in [5.41, 5.74) is 0.280. The molecule has 0 aromatic carbocycles. The second kappa shape index (κ2) is 3.23. The van der Waals surface area contributed by atoms with Crippen LogP contribution in [0.25, 0.3) is 11.6 Å². The molecule has 0 aliphatic heterocycles. The maximum Gasteiger partial charge on any atom is 0.414 e. The van der Waals surface area contributed by atoms with Gasteiger partial charge >= 0.3 is 4.94 Å². The predicted molar refractivity (Wildman–Crippen MR) is 46.7 cm³/mol. The summed E-state index contributed by atoms with van der Waals surface area (Å²) in [5.74, 6) is 0.105. The summed E-state index contributed by atoms with van der Waals surface area (Å²) in [5, 5.41) is 0.163. The van der Waals surface area contributed by atoms with E-state index in [1.165, 1.54) is 12.4 Å². The van der Waals surface area contributed by atoms with Crippen LogP contribution in [0.5, 0.6) is 0 Å². The van der Waals surface area contributed by atoms with Gasteiger partial charge in [0.2, 0.25) is 0 Å². The topological polar surface area (TPSA) is 68.9 Å². The first-order valence-corrected chi connectivity index (χ1v) is 4.36. The molecule has 2 rings (SSSR count). The van der Waals surface area contributed by atoms with E-state index in [2.05, 4.69) is 14.3 Å². The number of aromatic nitrogens is 3. The maximum atomic E-state index is 10.7. The zero-order valence-corrected chi connectivity index (χ0v) is 7.67. The van der Waals surface area contributed by atoms with Crippen LogP contribution in [0.4, 0.5) is 0 Å². The highest BCUT2D eigenvalue weighted by Gasteiger charge is 2.11. The molecular formula is C6H2ClN3O2S. The number of rotatable bonds is 1. The molecule has 2 aromatic rings. The normalized spacial score (nSPS) is 10.2. The lowest BCUT2D eigenvalue weighted by molar-refractivity contribution is 0.540. The van der Waals surface area contributed by atoms with Gasteiger partial charge in [-0.15, -0.1) is 4.37 Å². The van der Waals surface area contributed by atoms with E-state index in [-0.39, 0.29) is 16.7 Å². The summed E-state index contributed by atoms with van der Waals surface area (Å²) >= 11 is 6.41. The highest BCUT2D eigenvalue weighted by molar-refractivity contribution is 7.02. The summed E-state index contributed by atoms with van der Waals surface area (Å²) in [6.07, 6.45) is 2.89. The lowest BCUT2D eigenvalue weighted by Gasteiger charge is -1.93. The molecule has 0 amide bonds. The molecule has 2 aromatic heterocycles. The van der Waals surface area contributed by atoms with E-state index >= 15 is 0 Å². The third kappa shape index (κ3) is 1.58. The Morgan fingerprint density at radius 2 is 2.15 bits per heavy atom. The fourth-order valence-electron chi connectivity index (χ4n) is 0.751. The summed E-state index contributed by atoms with van der Waals surface area (Å²) in [6.45, 7) is 0. The highest BCUT2D eigenvalue weighted by Crippen LogP contribution is 2.20. The van der Waals surface area contributed by atoms with Crippen molar-refractivity contribution in [2.75, 3.05) is 0 Å². The Labute approximate surface area is 81.2 Å². The van der Waals surface area contributed by atoms with Gasteiger partial charge in [-0.2, -0.15) is 0 Å². The van der Waals surface area contributed by atoms with Crippen LogP contribution < -0.4 is 4.94 Å². The molecule has 5 nitrogen and oxygen atoms in total. The van der Waals surface area contributed by atoms with Crippen LogP contribution in [0.15, 0.2) is 21.6 Å². The Morgan fingerprint density at radius 3 is 2.77 bits per heavy atom. The first-order valence-electron chi connectivity index (χ1n) is 3.21. The van der Waals surface area contributed by atoms with E-state index < -0.39 is 4.94 Å². The van der Waals surface area contributed by atoms with Crippen molar-refractivity contribution >= 4 is 23.1 Å². The first-order chi connectivity index (χ1) is 6.27. The van der Waals surface area contributed by atoms with Crippen LogP contribution in [0.1, 0.15) is 0 Å². The fourth-order valence-corrected chi connectivity index (χ4v) is 1.33. The maximum absolute atomic E-state index is 10.7. The number of hydrogen-bond donors (Lipinski definition) is 0. The van der Waals surface area contributed by atoms with Crippen LogP contribution in [-0.2, 0) is 0 Å². The van der Waals surface area contributed by atoms with Crippen LogP contribution in [0.2, 0.25) is 5.15 Å². The Kier molecular flexibility index (Phi) is 2.07. The molecule has 0 spiro atoms. The third-order valence-electron chi connectivity index (χ3n) is 1.24. The molecule has 13 heavy (non-hydrogen) atoms. The molecule has 66 valence electrons. The molecule has 0 unspecified atom stereocenters. The minimum absolute atomic E-state index is 0.105. The van der Waals surface area contributed by atoms with Crippen LogP contribution in [0, 0.1) is 0 Å². The molecule has 0 N–H and O–H groups in total. The van der Waals surface area contributed by atoms with Crippen molar-refractivity contribution in [2.45, 2.75) is 0 Å². The van der Waals surface area contributed by atoms with Crippen molar-refractivity contribution < 1.29 is 4.42 Å². The quantitative estimate of drug-likeness (QED) is 0.715. The minimum atomic E-state index is -0.489. The van der Waals surface area contributed by atoms with Gasteiger partial charge in [0.25, 0.3) is 5.89 Å². The van der Waals surface area contributed by atoms with Crippen molar-refractivity contribution in [3.8, 4) is 11.6 Å². The van der Waals surface area contributed by atoms with Gasteiger partial charge in [0.1, 0.15) is 0 Å². The standard InChI is InChI=1S/C6H2ClN3O2S/c7-4-3(8-1-2-9-4)5-10-13-6(11)12-5/h1-2H. The molecule has 0 saturated heterocycles. The van der Waals surface area contributed by atoms with Crippen molar-refractivity contribution in [3.05, 3.63) is 27.3 Å². The zero-order chi connectivity index (χ0) is 9.26. The van der Waals surface area contributed by atoms with Gasteiger partial charge in [-0.3, -0.25) is 0 Å². The molecule has 0 fully saturated rings. The SMILES string of the molecule is O=c1oc(-c2nccnc2Cl)ns1.